The van der Waals surface area contributed by atoms with Gasteiger partial charge in [0.2, 0.25) is 0 Å². The van der Waals surface area contributed by atoms with Gasteiger partial charge >= 0.3 is 0 Å². The van der Waals surface area contributed by atoms with Gasteiger partial charge in [0.1, 0.15) is 17.2 Å². The van der Waals surface area contributed by atoms with Crippen molar-refractivity contribution >= 4 is 17.1 Å². The second-order valence-electron chi connectivity index (χ2n) is 10.0. The molecule has 0 amide bonds. The number of hydrogen-bond donors (Lipinski definition) is 1. The molecule has 37 heavy (non-hydrogen) atoms. The normalized spacial score (nSPS) is 17.0. The molecule has 0 saturated carbocycles. The van der Waals surface area contributed by atoms with E-state index in [0.717, 1.165) is 40.0 Å². The van der Waals surface area contributed by atoms with E-state index in [1.165, 1.54) is 6.07 Å². The monoisotopic (exact) mass is 494 g/mol. The third-order valence-corrected chi connectivity index (χ3v) is 6.92. The maximum absolute atomic E-state index is 14.8. The maximum atomic E-state index is 14.8. The van der Waals surface area contributed by atoms with Crippen molar-refractivity contribution in [1.82, 2.24) is 34.6 Å². The number of rotatable bonds is 5. The summed E-state index contributed by atoms with van der Waals surface area (Å²) in [5.41, 5.74) is 5.89. The number of H-pyrrole nitrogens is 1. The predicted octanol–water partition coefficient (Wildman–Crippen LogP) is 4.36. The van der Waals surface area contributed by atoms with Gasteiger partial charge in [0.15, 0.2) is 5.82 Å². The molecule has 8 nitrogen and oxygen atoms in total. The zero-order valence-electron chi connectivity index (χ0n) is 21.2. The average Bonchev–Trinajstić information content (AvgIpc) is 3.46. The summed E-state index contributed by atoms with van der Waals surface area (Å²) in [5, 5.41) is 5.69. The minimum absolute atomic E-state index is 0.256. The quantitative estimate of drug-likeness (QED) is 0.392. The first-order valence-electron chi connectivity index (χ1n) is 12.1. The van der Waals surface area contributed by atoms with Crippen molar-refractivity contribution in [3.63, 3.8) is 0 Å². The summed E-state index contributed by atoms with van der Waals surface area (Å²) in [6.45, 7) is 3.21. The fourth-order valence-corrected chi connectivity index (χ4v) is 5.10. The van der Waals surface area contributed by atoms with Crippen LogP contribution in [0.15, 0.2) is 60.0 Å². The number of benzene rings is 1. The largest absolute Gasteiger partial charge is 0.339 e. The molecule has 5 heterocycles. The van der Waals surface area contributed by atoms with Gasteiger partial charge in [0, 0.05) is 48.7 Å². The van der Waals surface area contributed by atoms with E-state index in [-0.39, 0.29) is 5.82 Å². The molecule has 1 atom stereocenters. The van der Waals surface area contributed by atoms with Crippen LogP contribution in [0.1, 0.15) is 29.4 Å². The van der Waals surface area contributed by atoms with E-state index in [0.29, 0.717) is 29.3 Å². The standard InChI is InChI=1S/C28H27FN8/c1-28(20-7-5-6-8-21(20)29)16-31-13-23-26(28)34-27(33-23)25-19-10-22(32-14-24(19)37(4)35-25)18-9-17(11-30-12-18)15-36(2)3/h5-14H,15-16H2,1-4H3,(H,33,34). The third kappa shape index (κ3) is 3.92. The van der Waals surface area contributed by atoms with Crippen LogP contribution in [-0.4, -0.2) is 61.5 Å². The van der Waals surface area contributed by atoms with Crippen molar-refractivity contribution < 1.29 is 4.39 Å². The summed E-state index contributed by atoms with van der Waals surface area (Å²) >= 11 is 0. The first-order valence-corrected chi connectivity index (χ1v) is 12.1. The minimum Gasteiger partial charge on any atom is -0.339 e. The zero-order chi connectivity index (χ0) is 25.7. The molecule has 1 N–H and O–H groups in total. The molecule has 0 radical (unpaired) electrons. The number of fused-ring (bicyclic) bond motifs is 2. The Labute approximate surface area is 213 Å². The molecule has 1 aliphatic rings. The van der Waals surface area contributed by atoms with Gasteiger partial charge in [-0.1, -0.05) is 18.2 Å². The van der Waals surface area contributed by atoms with E-state index in [2.05, 4.69) is 25.9 Å². The van der Waals surface area contributed by atoms with E-state index in [1.807, 2.05) is 64.9 Å². The highest BCUT2D eigenvalue weighted by Crippen LogP contribution is 2.38. The first-order chi connectivity index (χ1) is 17.8. The predicted molar refractivity (Wildman–Crippen MR) is 142 cm³/mol. The Morgan fingerprint density at radius 1 is 1.14 bits per heavy atom. The fraction of sp³-hybridized carbons (Fsp3) is 0.250. The van der Waals surface area contributed by atoms with Crippen LogP contribution in [-0.2, 0) is 19.0 Å². The van der Waals surface area contributed by atoms with Gasteiger partial charge in [-0.2, -0.15) is 5.10 Å². The fourth-order valence-electron chi connectivity index (χ4n) is 5.10. The van der Waals surface area contributed by atoms with Gasteiger partial charge in [-0.3, -0.25) is 19.6 Å². The highest BCUT2D eigenvalue weighted by atomic mass is 19.1. The van der Waals surface area contributed by atoms with E-state index in [1.54, 1.807) is 17.0 Å². The number of aromatic amines is 1. The molecule has 1 aromatic carbocycles. The number of halogens is 1. The Morgan fingerprint density at radius 3 is 2.78 bits per heavy atom. The van der Waals surface area contributed by atoms with E-state index < -0.39 is 5.41 Å². The van der Waals surface area contributed by atoms with Crippen LogP contribution >= 0.6 is 0 Å². The molecule has 1 aliphatic heterocycles. The van der Waals surface area contributed by atoms with Crippen LogP contribution < -0.4 is 0 Å². The molecule has 6 rings (SSSR count). The van der Waals surface area contributed by atoms with Crippen LogP contribution in [0.25, 0.3) is 33.7 Å². The van der Waals surface area contributed by atoms with Crippen molar-refractivity contribution in [1.29, 1.82) is 0 Å². The van der Waals surface area contributed by atoms with Crippen LogP contribution in [0, 0.1) is 5.82 Å². The average molecular weight is 495 g/mol. The van der Waals surface area contributed by atoms with Crippen LogP contribution in [0.2, 0.25) is 0 Å². The Kier molecular flexibility index (Phi) is 5.45. The van der Waals surface area contributed by atoms with Gasteiger partial charge in [0.05, 0.1) is 35.1 Å². The first kappa shape index (κ1) is 23.2. The zero-order valence-corrected chi connectivity index (χ0v) is 21.2. The summed E-state index contributed by atoms with van der Waals surface area (Å²) in [6, 6.07) is 11.0. The third-order valence-electron chi connectivity index (χ3n) is 6.92. The number of imidazole rings is 1. The SMILES string of the molecule is CN(C)Cc1cncc(-c2cc3c(-c4nc5c([nH]4)C(C)(c4ccccc4F)CN=C5)nn(C)c3cn2)c1. The van der Waals surface area contributed by atoms with Gasteiger partial charge in [0.25, 0.3) is 0 Å². The molecule has 9 heteroatoms. The van der Waals surface area contributed by atoms with Crippen molar-refractivity contribution in [2.45, 2.75) is 18.9 Å². The Balaban J connectivity index is 1.46. The van der Waals surface area contributed by atoms with Crippen LogP contribution in [0.4, 0.5) is 4.39 Å². The molecule has 4 aromatic heterocycles. The lowest BCUT2D eigenvalue weighted by Crippen LogP contribution is -2.32. The molecule has 0 bridgehead atoms. The molecule has 0 saturated heterocycles. The van der Waals surface area contributed by atoms with E-state index >= 15 is 0 Å². The summed E-state index contributed by atoms with van der Waals surface area (Å²) < 4.78 is 16.6. The molecular weight excluding hydrogens is 467 g/mol. The Bertz CT molecular complexity index is 1660. The number of aromatic nitrogens is 6. The van der Waals surface area contributed by atoms with Crippen LogP contribution in [0.5, 0.6) is 0 Å². The number of nitrogens with zero attached hydrogens (tertiary/aromatic N) is 7. The van der Waals surface area contributed by atoms with Crippen molar-refractivity contribution in [2.75, 3.05) is 20.6 Å². The summed E-state index contributed by atoms with van der Waals surface area (Å²) in [6.07, 6.45) is 7.27. The lowest BCUT2D eigenvalue weighted by molar-refractivity contribution is 0.402. The summed E-state index contributed by atoms with van der Waals surface area (Å²) in [5.74, 6) is 0.358. The second-order valence-corrected chi connectivity index (χ2v) is 10.0. The molecule has 186 valence electrons. The number of nitrogens with one attached hydrogen (secondary N) is 1. The smallest absolute Gasteiger partial charge is 0.159 e. The number of hydrogen-bond acceptors (Lipinski definition) is 6. The molecule has 5 aromatic rings. The van der Waals surface area contributed by atoms with Crippen LogP contribution in [0.3, 0.4) is 0 Å². The lowest BCUT2D eigenvalue weighted by atomic mass is 9.77. The molecule has 0 fully saturated rings. The Hall–Kier alpha value is -4.24. The Morgan fingerprint density at radius 2 is 1.97 bits per heavy atom. The van der Waals surface area contributed by atoms with Gasteiger partial charge < -0.3 is 9.88 Å². The van der Waals surface area contributed by atoms with Crippen molar-refractivity contribution in [3.8, 4) is 22.8 Å². The summed E-state index contributed by atoms with van der Waals surface area (Å²) in [4.78, 5) is 24.1. The summed E-state index contributed by atoms with van der Waals surface area (Å²) in [7, 11) is 5.95. The topological polar surface area (TPSA) is 87.9 Å². The number of aryl methyl sites for hydroxylation is 1. The maximum Gasteiger partial charge on any atom is 0.159 e. The van der Waals surface area contributed by atoms with E-state index in [4.69, 9.17) is 15.1 Å². The molecule has 1 unspecified atom stereocenters. The van der Waals surface area contributed by atoms with Gasteiger partial charge in [-0.15, -0.1) is 0 Å². The van der Waals surface area contributed by atoms with Crippen molar-refractivity contribution in [3.05, 3.63) is 83.3 Å². The minimum atomic E-state index is -0.670. The highest BCUT2D eigenvalue weighted by molar-refractivity contribution is 5.94. The van der Waals surface area contributed by atoms with Gasteiger partial charge in [-0.25, -0.2) is 9.37 Å². The molecular formula is C28H27FN8. The van der Waals surface area contributed by atoms with Crippen molar-refractivity contribution in [2.24, 2.45) is 12.0 Å². The second kappa shape index (κ2) is 8.70. The molecule has 0 aliphatic carbocycles. The van der Waals surface area contributed by atoms with E-state index in [9.17, 15) is 4.39 Å². The van der Waals surface area contributed by atoms with Gasteiger partial charge in [-0.05, 0) is 44.8 Å². The number of aliphatic imine (C=N–C) groups is 1. The highest BCUT2D eigenvalue weighted by Gasteiger charge is 2.38. The lowest BCUT2D eigenvalue weighted by Gasteiger charge is -2.30. The number of pyridine rings is 2. The molecule has 0 spiro atoms.